The van der Waals surface area contributed by atoms with Crippen LogP contribution >= 0.6 is 0 Å². The Morgan fingerprint density at radius 1 is 1.10 bits per heavy atom. The molecule has 4 amide bonds. The second-order valence-electron chi connectivity index (χ2n) is 15.9. The third kappa shape index (κ3) is 8.42. The number of allylic oxidation sites excluding steroid dienone is 3. The average Bonchev–Trinajstić information content (AvgIpc) is 3.87. The highest BCUT2D eigenvalue weighted by atomic mass is 32.2. The molecule has 4 aliphatic rings. The van der Waals surface area contributed by atoms with Crippen LogP contribution in [0.5, 0.6) is 0 Å². The van der Waals surface area contributed by atoms with Gasteiger partial charge in [-0.1, -0.05) is 39.0 Å². The van der Waals surface area contributed by atoms with Gasteiger partial charge in [0.15, 0.2) is 0 Å². The van der Waals surface area contributed by atoms with E-state index < -0.39 is 85.2 Å². The van der Waals surface area contributed by atoms with Gasteiger partial charge in [-0.05, 0) is 65.4 Å². The summed E-state index contributed by atoms with van der Waals surface area (Å²) in [4.78, 5) is 56.2. The number of amides is 4. The second-order valence-corrected chi connectivity index (χ2v) is 17.9. The molecule has 0 radical (unpaired) electrons. The van der Waals surface area contributed by atoms with Gasteiger partial charge in [0.2, 0.25) is 21.8 Å². The Labute approximate surface area is 284 Å². The topological polar surface area (TPSA) is 180 Å². The van der Waals surface area contributed by atoms with Crippen molar-refractivity contribution in [2.45, 2.75) is 128 Å². The summed E-state index contributed by atoms with van der Waals surface area (Å²) in [5, 5.41) is 16.9. The summed E-state index contributed by atoms with van der Waals surface area (Å²) in [5.74, 6) is -2.65. The zero-order chi connectivity index (χ0) is 36.0. The minimum Gasteiger partial charge on any atom is -0.495 e. The number of nitrogens with one attached hydrogen (secondary N) is 3. The lowest BCUT2D eigenvalue weighted by atomic mass is 9.80. The van der Waals surface area contributed by atoms with Gasteiger partial charge in [0, 0.05) is 24.7 Å². The van der Waals surface area contributed by atoms with E-state index in [1.54, 1.807) is 47.6 Å². The number of likely N-dealkylation sites (tertiary alicyclic amines) is 1. The molecule has 2 saturated carbocycles. The molecule has 4 N–H and O–H groups in total. The molecule has 13 nitrogen and oxygen atoms in total. The summed E-state index contributed by atoms with van der Waals surface area (Å²) in [6, 6.07) is -2.42. The summed E-state index contributed by atoms with van der Waals surface area (Å²) in [5.41, 5.74) is -4.85. The molecular formula is C34H52N4O9S. The van der Waals surface area contributed by atoms with Crippen LogP contribution in [0, 0.1) is 17.3 Å². The standard InChI is InChI=1S/C34H52N4O9S/c1-10-21-17-34(21,29(41)37-48(44,45)24-14-15-24)36-27(39)25-18-33(43,22-12-11-13-23(16-22)46-20(2)3)19-38(25)28(40)26(31(4,5)6)35-30(42)47-32(7,8)9/h10-13,20-22,24-26,43H,1,14-19H2,2-9H3,(H,35,42)(H,36,39)(H,37,41)/t21-,22?,25+,26-,33+,34-/m1/s1. The minimum atomic E-state index is -3.91. The molecule has 0 spiro atoms. The fraction of sp³-hybridized carbons (Fsp3) is 0.706. The first-order valence-corrected chi connectivity index (χ1v) is 18.1. The van der Waals surface area contributed by atoms with Gasteiger partial charge in [0.05, 0.1) is 29.3 Å². The Kier molecular flexibility index (Phi) is 10.3. The largest absolute Gasteiger partial charge is 0.495 e. The normalized spacial score (nSPS) is 29.4. The number of carbonyl (C=O) groups excluding carboxylic acids is 4. The zero-order valence-electron chi connectivity index (χ0n) is 29.3. The second kappa shape index (κ2) is 13.1. The van der Waals surface area contributed by atoms with Crippen LogP contribution in [0.15, 0.2) is 36.6 Å². The predicted octanol–water partition coefficient (Wildman–Crippen LogP) is 2.81. The highest BCUT2D eigenvalue weighted by Crippen LogP contribution is 2.46. The fourth-order valence-electron chi connectivity index (χ4n) is 6.32. The first-order valence-electron chi connectivity index (χ1n) is 16.6. The predicted molar refractivity (Wildman–Crippen MR) is 178 cm³/mol. The lowest BCUT2D eigenvalue weighted by Gasteiger charge is -2.36. The third-order valence-corrected chi connectivity index (χ3v) is 10.9. The maximum Gasteiger partial charge on any atom is 0.408 e. The molecule has 48 heavy (non-hydrogen) atoms. The molecule has 0 aromatic rings. The number of hydrogen-bond donors (Lipinski definition) is 4. The number of sulfonamides is 1. The number of β-amino-alcohol motifs (C(OH)–C–C–N with tert-alkyl or cyclic N) is 1. The Morgan fingerprint density at radius 3 is 2.27 bits per heavy atom. The molecule has 1 heterocycles. The van der Waals surface area contributed by atoms with Gasteiger partial charge in [-0.25, -0.2) is 13.2 Å². The summed E-state index contributed by atoms with van der Waals surface area (Å²) < 4.78 is 38.7. The molecule has 0 aromatic heterocycles. The van der Waals surface area contributed by atoms with Crippen LogP contribution in [-0.4, -0.2) is 89.0 Å². The van der Waals surface area contributed by atoms with Crippen molar-refractivity contribution in [3.63, 3.8) is 0 Å². The summed E-state index contributed by atoms with van der Waals surface area (Å²) >= 11 is 0. The summed E-state index contributed by atoms with van der Waals surface area (Å²) in [7, 11) is -3.91. The molecule has 3 aliphatic carbocycles. The van der Waals surface area contributed by atoms with Gasteiger partial charge < -0.3 is 30.1 Å². The van der Waals surface area contributed by atoms with Crippen molar-refractivity contribution in [1.82, 2.24) is 20.3 Å². The van der Waals surface area contributed by atoms with Crippen molar-refractivity contribution in [3.05, 3.63) is 36.6 Å². The molecule has 268 valence electrons. The van der Waals surface area contributed by atoms with Gasteiger partial charge in [0.1, 0.15) is 23.2 Å². The van der Waals surface area contributed by atoms with E-state index in [0.29, 0.717) is 25.0 Å². The van der Waals surface area contributed by atoms with E-state index in [2.05, 4.69) is 21.9 Å². The maximum atomic E-state index is 14.4. The molecule has 14 heteroatoms. The molecule has 4 rings (SSSR count). The van der Waals surface area contributed by atoms with E-state index >= 15 is 0 Å². The average molecular weight is 693 g/mol. The van der Waals surface area contributed by atoms with Crippen molar-refractivity contribution in [1.29, 1.82) is 0 Å². The van der Waals surface area contributed by atoms with E-state index in [4.69, 9.17) is 9.47 Å². The Hall–Kier alpha value is -3.39. The maximum absolute atomic E-state index is 14.4. The Morgan fingerprint density at radius 2 is 1.75 bits per heavy atom. The molecule has 6 atom stereocenters. The minimum absolute atomic E-state index is 0.105. The number of aliphatic hydroxyl groups is 1. The molecule has 1 unspecified atom stereocenters. The Balaban J connectivity index is 1.65. The zero-order valence-corrected chi connectivity index (χ0v) is 30.1. The van der Waals surface area contributed by atoms with E-state index in [0.717, 1.165) is 0 Å². The molecule has 0 aromatic carbocycles. The van der Waals surface area contributed by atoms with Gasteiger partial charge >= 0.3 is 6.09 Å². The molecule has 0 bridgehead atoms. The first kappa shape index (κ1) is 37.4. The summed E-state index contributed by atoms with van der Waals surface area (Å²) in [6.45, 7) is 17.6. The Bertz CT molecular complexity index is 1490. The first-order chi connectivity index (χ1) is 22.0. The van der Waals surface area contributed by atoms with Crippen LogP contribution in [0.4, 0.5) is 4.79 Å². The van der Waals surface area contributed by atoms with Crippen LogP contribution < -0.4 is 15.4 Å². The smallest absolute Gasteiger partial charge is 0.408 e. The van der Waals surface area contributed by atoms with E-state index in [1.165, 1.54) is 11.0 Å². The number of rotatable bonds is 11. The van der Waals surface area contributed by atoms with Gasteiger partial charge in [-0.15, -0.1) is 6.58 Å². The highest BCUT2D eigenvalue weighted by Gasteiger charge is 2.63. The van der Waals surface area contributed by atoms with Crippen LogP contribution in [0.1, 0.15) is 87.5 Å². The number of nitrogens with zero attached hydrogens (tertiary/aromatic N) is 1. The van der Waals surface area contributed by atoms with Crippen molar-refractivity contribution >= 4 is 33.8 Å². The quantitative estimate of drug-likeness (QED) is 0.237. The van der Waals surface area contributed by atoms with Crippen LogP contribution in [-0.2, 0) is 33.9 Å². The lowest BCUT2D eigenvalue weighted by Crippen LogP contribution is -2.60. The van der Waals surface area contributed by atoms with E-state index in [1.807, 2.05) is 26.0 Å². The lowest BCUT2D eigenvalue weighted by molar-refractivity contribution is -0.143. The molecule has 1 saturated heterocycles. The molecule has 3 fully saturated rings. The number of hydrogen-bond acceptors (Lipinski definition) is 9. The molecular weight excluding hydrogens is 640 g/mol. The number of alkyl carbamates (subject to hydrolysis) is 1. The number of ether oxygens (including phenoxy) is 2. The fourth-order valence-corrected chi connectivity index (χ4v) is 7.68. The van der Waals surface area contributed by atoms with Crippen LogP contribution in [0.2, 0.25) is 0 Å². The van der Waals surface area contributed by atoms with E-state index in [-0.39, 0.29) is 25.5 Å². The third-order valence-electron chi connectivity index (χ3n) is 9.10. The summed E-state index contributed by atoms with van der Waals surface area (Å²) in [6.07, 6.45) is 7.10. The van der Waals surface area contributed by atoms with Gasteiger partial charge in [0.25, 0.3) is 5.91 Å². The number of carbonyl (C=O) groups is 4. The van der Waals surface area contributed by atoms with Crippen LogP contribution in [0.25, 0.3) is 0 Å². The van der Waals surface area contributed by atoms with Crippen molar-refractivity contribution in [3.8, 4) is 0 Å². The van der Waals surface area contributed by atoms with Crippen molar-refractivity contribution in [2.75, 3.05) is 6.54 Å². The van der Waals surface area contributed by atoms with Crippen LogP contribution in [0.3, 0.4) is 0 Å². The van der Waals surface area contributed by atoms with Gasteiger partial charge in [-0.2, -0.15) is 0 Å². The monoisotopic (exact) mass is 692 g/mol. The van der Waals surface area contributed by atoms with Crippen molar-refractivity contribution in [2.24, 2.45) is 17.3 Å². The van der Waals surface area contributed by atoms with Crippen molar-refractivity contribution < 1.29 is 42.2 Å². The van der Waals surface area contributed by atoms with Gasteiger partial charge in [-0.3, -0.25) is 19.1 Å². The molecule has 1 aliphatic heterocycles. The van der Waals surface area contributed by atoms with E-state index in [9.17, 15) is 32.7 Å². The highest BCUT2D eigenvalue weighted by molar-refractivity contribution is 7.91. The SMILES string of the molecule is C=C[C@@H]1C[C@]1(NC(=O)[C@@H]1C[C@@](O)(C2C=CC=C(OC(C)C)C2)CN1C(=O)[C@@H](NC(=O)OC(C)(C)C)C(C)(C)C)C(=O)NS(=O)(=O)C1CC1.